The summed E-state index contributed by atoms with van der Waals surface area (Å²) in [5, 5.41) is 2.44. The van der Waals surface area contributed by atoms with E-state index in [1.54, 1.807) is 13.0 Å². The predicted molar refractivity (Wildman–Crippen MR) is 79.4 cm³/mol. The summed E-state index contributed by atoms with van der Waals surface area (Å²) >= 11 is 0. The summed E-state index contributed by atoms with van der Waals surface area (Å²) < 4.78 is 34.0. The Morgan fingerprint density at radius 1 is 1.22 bits per heavy atom. The monoisotopic (exact) mass is 324 g/mol. The molecular formula is C15H14F2N2O4. The maximum absolute atomic E-state index is 12.4. The number of benzene rings is 1. The molecule has 0 saturated carbocycles. The van der Waals surface area contributed by atoms with E-state index < -0.39 is 18.1 Å². The zero-order valence-electron chi connectivity index (χ0n) is 12.4. The molecule has 0 unspecified atom stereocenters. The molecule has 2 N–H and O–H groups in total. The number of pyridine rings is 1. The van der Waals surface area contributed by atoms with Crippen molar-refractivity contribution in [2.24, 2.45) is 0 Å². The van der Waals surface area contributed by atoms with Gasteiger partial charge in [0.2, 0.25) is 0 Å². The molecule has 6 nitrogen and oxygen atoms in total. The van der Waals surface area contributed by atoms with Crippen LogP contribution in [0.5, 0.6) is 11.5 Å². The fourth-order valence-corrected chi connectivity index (χ4v) is 1.89. The molecule has 0 saturated heterocycles. The fourth-order valence-electron chi connectivity index (χ4n) is 1.89. The molecular weight excluding hydrogens is 310 g/mol. The Kier molecular flexibility index (Phi) is 4.95. The summed E-state index contributed by atoms with van der Waals surface area (Å²) in [5.74, 6) is -0.797. The van der Waals surface area contributed by atoms with Crippen molar-refractivity contribution in [2.45, 2.75) is 13.5 Å². The molecule has 8 heteroatoms. The first-order chi connectivity index (χ1) is 10.9. The average Bonchev–Trinajstić information content (AvgIpc) is 2.46. The van der Waals surface area contributed by atoms with Gasteiger partial charge in [0, 0.05) is 17.4 Å². The lowest BCUT2D eigenvalue weighted by Gasteiger charge is -2.12. The zero-order chi connectivity index (χ0) is 17.0. The summed E-state index contributed by atoms with van der Waals surface area (Å²) in [4.78, 5) is 26.3. The smallest absolute Gasteiger partial charge is 0.387 e. The number of hydrogen-bond donors (Lipinski definition) is 2. The van der Waals surface area contributed by atoms with Gasteiger partial charge < -0.3 is 19.8 Å². The second-order valence-electron chi connectivity index (χ2n) is 4.58. The number of anilines is 1. The molecule has 23 heavy (non-hydrogen) atoms. The molecule has 0 fully saturated rings. The van der Waals surface area contributed by atoms with Crippen LogP contribution < -0.4 is 20.3 Å². The van der Waals surface area contributed by atoms with E-state index in [9.17, 15) is 18.4 Å². The number of halogens is 2. The second kappa shape index (κ2) is 6.91. The molecule has 0 aliphatic heterocycles. The van der Waals surface area contributed by atoms with Gasteiger partial charge in [-0.3, -0.25) is 9.59 Å². The van der Waals surface area contributed by atoms with Gasteiger partial charge in [-0.15, -0.1) is 0 Å². The Hall–Kier alpha value is -2.90. The lowest BCUT2D eigenvalue weighted by molar-refractivity contribution is -0.0511. The van der Waals surface area contributed by atoms with Crippen LogP contribution in [0.1, 0.15) is 16.1 Å². The number of aromatic nitrogens is 1. The van der Waals surface area contributed by atoms with Crippen LogP contribution in [0.2, 0.25) is 0 Å². The number of aromatic amines is 1. The van der Waals surface area contributed by atoms with Crippen molar-refractivity contribution in [3.63, 3.8) is 0 Å². The third-order valence-corrected chi connectivity index (χ3v) is 2.94. The van der Waals surface area contributed by atoms with Crippen molar-refractivity contribution >= 4 is 11.6 Å². The van der Waals surface area contributed by atoms with Crippen LogP contribution in [-0.4, -0.2) is 24.6 Å². The minimum absolute atomic E-state index is 0.0940. The molecule has 1 amide bonds. The van der Waals surface area contributed by atoms with Gasteiger partial charge in [0.15, 0.2) is 11.5 Å². The van der Waals surface area contributed by atoms with Crippen molar-refractivity contribution in [3.8, 4) is 11.5 Å². The van der Waals surface area contributed by atoms with Crippen LogP contribution in [0, 0.1) is 6.92 Å². The number of ether oxygens (including phenoxy) is 2. The first-order valence-electron chi connectivity index (χ1n) is 6.55. The Balaban J connectivity index is 2.25. The molecule has 2 aromatic rings. The average molecular weight is 324 g/mol. The Morgan fingerprint density at radius 3 is 2.57 bits per heavy atom. The molecule has 0 aliphatic carbocycles. The van der Waals surface area contributed by atoms with E-state index >= 15 is 0 Å². The number of hydrogen-bond acceptors (Lipinski definition) is 4. The maximum atomic E-state index is 12.4. The van der Waals surface area contributed by atoms with E-state index in [2.05, 4.69) is 15.0 Å². The predicted octanol–water partition coefficient (Wildman–Crippen LogP) is 2.55. The summed E-state index contributed by atoms with van der Waals surface area (Å²) in [7, 11) is 1.30. The Labute approximate surface area is 130 Å². The Morgan fingerprint density at radius 2 is 1.96 bits per heavy atom. The third-order valence-electron chi connectivity index (χ3n) is 2.94. The Bertz CT molecular complexity index is 774. The highest BCUT2D eigenvalue weighted by Gasteiger charge is 2.14. The highest BCUT2D eigenvalue weighted by Crippen LogP contribution is 2.31. The second-order valence-corrected chi connectivity index (χ2v) is 4.58. The molecule has 0 spiro atoms. The number of rotatable bonds is 5. The summed E-state index contributed by atoms with van der Waals surface area (Å²) in [5.41, 5.74) is 0.165. The van der Waals surface area contributed by atoms with Crippen LogP contribution in [0.3, 0.4) is 0 Å². The van der Waals surface area contributed by atoms with Crippen molar-refractivity contribution in [3.05, 3.63) is 51.9 Å². The number of aryl methyl sites for hydroxylation is 1. The number of nitrogens with one attached hydrogen (secondary N) is 2. The summed E-state index contributed by atoms with van der Waals surface area (Å²) in [6.07, 6.45) is 0. The number of alkyl halides is 2. The van der Waals surface area contributed by atoms with E-state index in [-0.39, 0.29) is 22.7 Å². The van der Waals surface area contributed by atoms with E-state index in [1.807, 2.05) is 0 Å². The van der Waals surface area contributed by atoms with Crippen LogP contribution in [0.15, 0.2) is 35.1 Å². The van der Waals surface area contributed by atoms with Crippen molar-refractivity contribution in [1.29, 1.82) is 0 Å². The van der Waals surface area contributed by atoms with E-state index in [0.29, 0.717) is 5.69 Å². The lowest BCUT2D eigenvalue weighted by atomic mass is 10.2. The number of H-pyrrole nitrogens is 1. The molecule has 0 aliphatic rings. The van der Waals surface area contributed by atoms with Gasteiger partial charge in [0.05, 0.1) is 7.11 Å². The van der Waals surface area contributed by atoms with Crippen molar-refractivity contribution in [1.82, 2.24) is 4.98 Å². The van der Waals surface area contributed by atoms with E-state index in [4.69, 9.17) is 4.74 Å². The van der Waals surface area contributed by atoms with Crippen molar-refractivity contribution in [2.75, 3.05) is 12.4 Å². The minimum atomic E-state index is -3.03. The van der Waals surface area contributed by atoms with Gasteiger partial charge >= 0.3 is 6.61 Å². The van der Waals surface area contributed by atoms with Gasteiger partial charge in [-0.1, -0.05) is 0 Å². The highest BCUT2D eigenvalue weighted by atomic mass is 19.3. The number of amides is 1. The van der Waals surface area contributed by atoms with Gasteiger partial charge in [0.25, 0.3) is 11.5 Å². The van der Waals surface area contributed by atoms with Gasteiger partial charge in [-0.05, 0) is 31.2 Å². The SMILES string of the molecule is COc1ccc(NC(=O)c2ccc(C)[nH]c2=O)cc1OC(F)F. The quantitative estimate of drug-likeness (QED) is 0.886. The maximum Gasteiger partial charge on any atom is 0.387 e. The third kappa shape index (κ3) is 4.06. The van der Waals surface area contributed by atoms with E-state index in [0.717, 1.165) is 0 Å². The lowest BCUT2D eigenvalue weighted by Crippen LogP contribution is -2.23. The molecule has 122 valence electrons. The van der Waals surface area contributed by atoms with Gasteiger partial charge in [0.1, 0.15) is 5.56 Å². The fraction of sp³-hybridized carbons (Fsp3) is 0.200. The molecule has 1 heterocycles. The molecule has 0 atom stereocenters. The standard InChI is InChI=1S/C15H14F2N2O4/c1-8-3-5-10(13(20)18-8)14(21)19-9-4-6-11(22-2)12(7-9)23-15(16)17/h3-7,15H,1-2H3,(H,18,20)(H,19,21). The number of carbonyl (C=O) groups is 1. The first kappa shape index (κ1) is 16.5. The summed E-state index contributed by atoms with van der Waals surface area (Å²) in [6.45, 7) is -1.35. The van der Waals surface area contributed by atoms with Crippen LogP contribution >= 0.6 is 0 Å². The minimum Gasteiger partial charge on any atom is -0.493 e. The summed E-state index contributed by atoms with van der Waals surface area (Å²) in [6, 6.07) is 6.95. The topological polar surface area (TPSA) is 80.4 Å². The van der Waals surface area contributed by atoms with Crippen molar-refractivity contribution < 1.29 is 23.0 Å². The van der Waals surface area contributed by atoms with Gasteiger partial charge in [-0.2, -0.15) is 8.78 Å². The molecule has 0 radical (unpaired) electrons. The van der Waals surface area contributed by atoms with Gasteiger partial charge in [-0.25, -0.2) is 0 Å². The molecule has 1 aromatic heterocycles. The highest BCUT2D eigenvalue weighted by molar-refractivity contribution is 6.04. The van der Waals surface area contributed by atoms with Crippen LogP contribution in [0.4, 0.5) is 14.5 Å². The largest absolute Gasteiger partial charge is 0.493 e. The number of methoxy groups -OCH3 is 1. The van der Waals surface area contributed by atoms with Crippen LogP contribution in [0.25, 0.3) is 0 Å². The molecule has 1 aromatic carbocycles. The first-order valence-corrected chi connectivity index (χ1v) is 6.55. The van der Waals surface area contributed by atoms with Crippen LogP contribution in [-0.2, 0) is 0 Å². The van der Waals surface area contributed by atoms with E-state index in [1.165, 1.54) is 31.4 Å². The zero-order valence-corrected chi connectivity index (χ0v) is 12.4. The number of carbonyl (C=O) groups excluding carboxylic acids is 1. The normalized spacial score (nSPS) is 10.5. The molecule has 2 rings (SSSR count). The molecule has 0 bridgehead atoms.